The van der Waals surface area contributed by atoms with E-state index >= 15 is 0 Å². The lowest BCUT2D eigenvalue weighted by molar-refractivity contribution is 0.0937. The monoisotopic (exact) mass is 454 g/mol. The summed E-state index contributed by atoms with van der Waals surface area (Å²) < 4.78 is 3.70. The summed E-state index contributed by atoms with van der Waals surface area (Å²) in [6.07, 6.45) is 7.16. The van der Waals surface area contributed by atoms with Gasteiger partial charge in [-0.3, -0.25) is 4.79 Å². The molecule has 2 aromatic carbocycles. The van der Waals surface area contributed by atoms with Crippen molar-refractivity contribution in [2.24, 2.45) is 0 Å². The van der Waals surface area contributed by atoms with Crippen LogP contribution in [0, 0.1) is 0 Å². The van der Waals surface area contributed by atoms with E-state index in [-0.39, 0.29) is 11.9 Å². The Hall–Kier alpha value is -3.91. The molecule has 3 aromatic heterocycles. The Morgan fingerprint density at radius 1 is 1.06 bits per heavy atom. The van der Waals surface area contributed by atoms with E-state index in [0.717, 1.165) is 27.5 Å². The molecule has 0 saturated carbocycles. The number of imidazole rings is 1. The second-order valence-corrected chi connectivity index (χ2v) is 8.63. The molecule has 1 amide bonds. The number of carbonyl (C=O) groups is 1. The number of nitrogens with one attached hydrogen (secondary N) is 1. The van der Waals surface area contributed by atoms with E-state index in [1.54, 1.807) is 22.8 Å². The minimum Gasteiger partial charge on any atom is -0.345 e. The highest BCUT2D eigenvalue weighted by molar-refractivity contribution is 7.98. The van der Waals surface area contributed by atoms with Crippen molar-refractivity contribution < 1.29 is 4.79 Å². The van der Waals surface area contributed by atoms with Crippen LogP contribution in [0.1, 0.15) is 34.6 Å². The van der Waals surface area contributed by atoms with Crippen LogP contribution in [0.15, 0.2) is 96.7 Å². The fraction of sp³-hybridized carbons (Fsp3) is 0.120. The summed E-state index contributed by atoms with van der Waals surface area (Å²) in [4.78, 5) is 22.6. The number of thioether (sulfide) groups is 1. The van der Waals surface area contributed by atoms with Crippen molar-refractivity contribution in [3.05, 3.63) is 109 Å². The van der Waals surface area contributed by atoms with E-state index in [4.69, 9.17) is 0 Å². The number of hydrogen-bond donors (Lipinski definition) is 1. The molecule has 5 rings (SSSR count). The van der Waals surface area contributed by atoms with Crippen molar-refractivity contribution >= 4 is 23.3 Å². The predicted octanol–water partition coefficient (Wildman–Crippen LogP) is 4.70. The number of amides is 1. The zero-order valence-electron chi connectivity index (χ0n) is 18.0. The van der Waals surface area contributed by atoms with Crippen LogP contribution in [0.4, 0.5) is 0 Å². The lowest BCUT2D eigenvalue weighted by Crippen LogP contribution is -2.27. The third-order valence-corrected chi connectivity index (χ3v) is 6.45. The molecule has 8 heteroatoms. The highest BCUT2D eigenvalue weighted by Crippen LogP contribution is 2.27. The number of nitrogens with zero attached hydrogens (tertiary/aromatic N) is 5. The van der Waals surface area contributed by atoms with E-state index in [0.29, 0.717) is 11.3 Å². The number of hydrogen-bond acceptors (Lipinski definition) is 5. The smallest absolute Gasteiger partial charge is 0.252 e. The summed E-state index contributed by atoms with van der Waals surface area (Å²) in [5.74, 6) is 0.589. The molecule has 0 bridgehead atoms. The molecule has 0 spiro atoms. The van der Waals surface area contributed by atoms with Gasteiger partial charge in [-0.1, -0.05) is 30.3 Å². The maximum Gasteiger partial charge on any atom is 0.252 e. The quantitative estimate of drug-likeness (QED) is 0.361. The number of fused-ring (bicyclic) bond motifs is 1. The van der Waals surface area contributed by atoms with Gasteiger partial charge >= 0.3 is 0 Å². The number of benzene rings is 2. The summed E-state index contributed by atoms with van der Waals surface area (Å²) in [6, 6.07) is 21.4. The Morgan fingerprint density at radius 3 is 2.67 bits per heavy atom. The number of aromatic nitrogens is 5. The largest absolute Gasteiger partial charge is 0.345 e. The second-order valence-electron chi connectivity index (χ2n) is 7.61. The number of carbonyl (C=O) groups excluding carboxylic acids is 1. The molecule has 0 radical (unpaired) electrons. The first kappa shape index (κ1) is 21.0. The number of rotatable bonds is 7. The minimum absolute atomic E-state index is 0.0963. The van der Waals surface area contributed by atoms with E-state index in [1.807, 2.05) is 90.4 Å². The molecule has 0 saturated heterocycles. The molecule has 7 nitrogen and oxygen atoms in total. The van der Waals surface area contributed by atoms with E-state index in [1.165, 1.54) is 6.33 Å². The molecule has 0 fully saturated rings. The Labute approximate surface area is 195 Å². The van der Waals surface area contributed by atoms with Gasteiger partial charge in [0.1, 0.15) is 18.3 Å². The van der Waals surface area contributed by atoms with Crippen LogP contribution in [-0.4, -0.2) is 30.1 Å². The molecular formula is C25H22N6OS. The third-order valence-electron chi connectivity index (χ3n) is 5.35. The molecule has 33 heavy (non-hydrogen) atoms. The minimum atomic E-state index is -0.140. The van der Waals surface area contributed by atoms with Gasteiger partial charge in [-0.15, -0.1) is 11.8 Å². The van der Waals surface area contributed by atoms with Crippen molar-refractivity contribution in [1.82, 2.24) is 29.5 Å². The normalized spacial score (nSPS) is 12.0. The fourth-order valence-corrected chi connectivity index (χ4v) is 4.54. The summed E-state index contributed by atoms with van der Waals surface area (Å²) in [5.41, 5.74) is 4.49. The Balaban J connectivity index is 1.26. The van der Waals surface area contributed by atoms with Gasteiger partial charge in [0.15, 0.2) is 0 Å². The Kier molecular flexibility index (Phi) is 5.91. The topological polar surface area (TPSA) is 77.1 Å². The fourth-order valence-electron chi connectivity index (χ4n) is 3.60. The molecule has 5 aromatic rings. The first-order chi connectivity index (χ1) is 16.2. The van der Waals surface area contributed by atoms with Crippen molar-refractivity contribution in [2.75, 3.05) is 0 Å². The molecule has 1 N–H and O–H groups in total. The zero-order chi connectivity index (χ0) is 22.6. The molecule has 1 atom stereocenters. The SMILES string of the molecule is C[C@@H](NC(=O)c1ccccc1SCc1cn2ccccc2n1)c1ccc(-n2cncn2)cc1. The van der Waals surface area contributed by atoms with Gasteiger partial charge in [0, 0.05) is 23.0 Å². The summed E-state index contributed by atoms with van der Waals surface area (Å²) in [6.45, 7) is 1.98. The average Bonchev–Trinajstić information content (AvgIpc) is 3.53. The van der Waals surface area contributed by atoms with Crippen LogP contribution < -0.4 is 5.32 Å². The van der Waals surface area contributed by atoms with Crippen molar-refractivity contribution in [3.8, 4) is 5.69 Å². The first-order valence-electron chi connectivity index (χ1n) is 10.6. The van der Waals surface area contributed by atoms with Crippen molar-refractivity contribution in [2.45, 2.75) is 23.6 Å². The van der Waals surface area contributed by atoms with Gasteiger partial charge in [0.25, 0.3) is 5.91 Å². The molecule has 3 heterocycles. The Bertz CT molecular complexity index is 1340. The molecule has 0 aliphatic carbocycles. The lowest BCUT2D eigenvalue weighted by Gasteiger charge is -2.16. The molecular weight excluding hydrogens is 432 g/mol. The Morgan fingerprint density at radius 2 is 1.88 bits per heavy atom. The van der Waals surface area contributed by atoms with Gasteiger partial charge < -0.3 is 9.72 Å². The molecule has 0 unspecified atom stereocenters. The third kappa shape index (κ3) is 4.65. The van der Waals surface area contributed by atoms with Crippen LogP contribution in [0.25, 0.3) is 11.3 Å². The summed E-state index contributed by atoms with van der Waals surface area (Å²) in [5, 5.41) is 7.26. The van der Waals surface area contributed by atoms with Gasteiger partial charge in [0.05, 0.1) is 23.0 Å². The standard InChI is InChI=1S/C25H22N6OS/c1-18(19-9-11-21(12-10-19)31-17-26-16-27-31)28-25(32)22-6-2-3-7-23(22)33-15-20-14-30-13-5-4-8-24(30)29-20/h2-14,16-18H,15H2,1H3,(H,28,32)/t18-/m1/s1. The van der Waals surface area contributed by atoms with Gasteiger partial charge in [-0.2, -0.15) is 5.10 Å². The van der Waals surface area contributed by atoms with Gasteiger partial charge in [-0.25, -0.2) is 14.6 Å². The highest BCUT2D eigenvalue weighted by atomic mass is 32.2. The number of pyridine rings is 1. The second kappa shape index (κ2) is 9.30. The van der Waals surface area contributed by atoms with E-state index in [9.17, 15) is 4.79 Å². The maximum absolute atomic E-state index is 13.1. The van der Waals surface area contributed by atoms with Gasteiger partial charge in [0.2, 0.25) is 0 Å². The van der Waals surface area contributed by atoms with E-state index < -0.39 is 0 Å². The molecule has 0 aliphatic rings. The van der Waals surface area contributed by atoms with Crippen LogP contribution in [0.5, 0.6) is 0 Å². The van der Waals surface area contributed by atoms with Crippen LogP contribution >= 0.6 is 11.8 Å². The van der Waals surface area contributed by atoms with Crippen molar-refractivity contribution in [3.63, 3.8) is 0 Å². The molecule has 0 aliphatic heterocycles. The lowest BCUT2D eigenvalue weighted by atomic mass is 10.1. The zero-order valence-corrected chi connectivity index (χ0v) is 18.8. The molecule has 164 valence electrons. The van der Waals surface area contributed by atoms with E-state index in [2.05, 4.69) is 20.4 Å². The summed E-state index contributed by atoms with van der Waals surface area (Å²) >= 11 is 1.61. The van der Waals surface area contributed by atoms with Gasteiger partial charge in [-0.05, 0) is 48.9 Å². The highest BCUT2D eigenvalue weighted by Gasteiger charge is 2.16. The predicted molar refractivity (Wildman–Crippen MR) is 128 cm³/mol. The maximum atomic E-state index is 13.1. The van der Waals surface area contributed by atoms with Crippen LogP contribution in [-0.2, 0) is 5.75 Å². The van der Waals surface area contributed by atoms with Crippen LogP contribution in [0.3, 0.4) is 0 Å². The van der Waals surface area contributed by atoms with Crippen LogP contribution in [0.2, 0.25) is 0 Å². The van der Waals surface area contributed by atoms with Crippen molar-refractivity contribution in [1.29, 1.82) is 0 Å². The average molecular weight is 455 g/mol. The summed E-state index contributed by atoms with van der Waals surface area (Å²) in [7, 11) is 0. The first-order valence-corrected chi connectivity index (χ1v) is 11.6.